The molecular formula is C15H24N2O3. The van der Waals surface area contributed by atoms with Gasteiger partial charge in [-0.3, -0.25) is 9.59 Å². The first-order chi connectivity index (χ1) is 9.30. The Balaban J connectivity index is 2.56. The van der Waals surface area contributed by atoms with E-state index in [1.807, 2.05) is 20.8 Å². The monoisotopic (exact) mass is 280 g/mol. The van der Waals surface area contributed by atoms with Gasteiger partial charge in [-0.25, -0.2) is 0 Å². The standard InChI is InChI=1S/C15H24N2O3/c1-5-8-16-13(18)9-17-12-7-6-11(14(19)20)15(3,4)10(12)2/h1,10-12,17H,6-9H2,2-4H3,(H,16,18)(H,19,20). The Kier molecular flexibility index (Phi) is 5.58. The van der Waals surface area contributed by atoms with Crippen LogP contribution in [-0.2, 0) is 9.59 Å². The van der Waals surface area contributed by atoms with Crippen LogP contribution in [-0.4, -0.2) is 36.1 Å². The summed E-state index contributed by atoms with van der Waals surface area (Å²) in [6.45, 7) is 6.47. The number of nitrogens with one attached hydrogen (secondary N) is 2. The summed E-state index contributed by atoms with van der Waals surface area (Å²) in [4.78, 5) is 22.8. The molecule has 1 fully saturated rings. The van der Waals surface area contributed by atoms with E-state index in [0.29, 0.717) is 6.42 Å². The van der Waals surface area contributed by atoms with Crippen molar-refractivity contribution in [3.8, 4) is 12.3 Å². The van der Waals surface area contributed by atoms with Crippen LogP contribution in [0, 0.1) is 29.6 Å². The highest BCUT2D eigenvalue weighted by atomic mass is 16.4. The molecular weight excluding hydrogens is 256 g/mol. The molecule has 1 aliphatic rings. The van der Waals surface area contributed by atoms with E-state index in [-0.39, 0.29) is 42.3 Å². The van der Waals surface area contributed by atoms with E-state index in [1.54, 1.807) is 0 Å². The molecule has 5 nitrogen and oxygen atoms in total. The van der Waals surface area contributed by atoms with E-state index in [9.17, 15) is 14.7 Å². The van der Waals surface area contributed by atoms with Crippen LogP contribution in [0.3, 0.4) is 0 Å². The van der Waals surface area contributed by atoms with Crippen molar-refractivity contribution in [1.82, 2.24) is 10.6 Å². The maximum absolute atomic E-state index is 11.5. The normalized spacial score (nSPS) is 28.4. The summed E-state index contributed by atoms with van der Waals surface area (Å²) in [5.41, 5.74) is -0.295. The molecule has 3 atom stereocenters. The minimum Gasteiger partial charge on any atom is -0.481 e. The third kappa shape index (κ3) is 3.73. The largest absolute Gasteiger partial charge is 0.481 e. The van der Waals surface area contributed by atoms with Crippen molar-refractivity contribution in [2.24, 2.45) is 17.3 Å². The molecule has 0 spiro atoms. The molecule has 3 unspecified atom stereocenters. The summed E-state index contributed by atoms with van der Waals surface area (Å²) < 4.78 is 0. The average molecular weight is 280 g/mol. The molecule has 20 heavy (non-hydrogen) atoms. The van der Waals surface area contributed by atoms with Crippen LogP contribution in [0.1, 0.15) is 33.6 Å². The summed E-state index contributed by atoms with van der Waals surface area (Å²) in [6.07, 6.45) is 6.48. The zero-order valence-corrected chi connectivity index (χ0v) is 12.4. The van der Waals surface area contributed by atoms with Gasteiger partial charge in [0.2, 0.25) is 5.91 Å². The Hall–Kier alpha value is -1.54. The Labute approximate surface area is 120 Å². The highest BCUT2D eigenvalue weighted by Gasteiger charge is 2.46. The molecule has 1 aliphatic carbocycles. The fraction of sp³-hybridized carbons (Fsp3) is 0.733. The summed E-state index contributed by atoms with van der Waals surface area (Å²) in [5, 5.41) is 15.1. The lowest BCUT2D eigenvalue weighted by Crippen LogP contribution is -2.52. The van der Waals surface area contributed by atoms with Crippen molar-refractivity contribution in [2.75, 3.05) is 13.1 Å². The van der Waals surface area contributed by atoms with Crippen molar-refractivity contribution in [1.29, 1.82) is 0 Å². The van der Waals surface area contributed by atoms with Crippen molar-refractivity contribution in [2.45, 2.75) is 39.7 Å². The lowest BCUT2D eigenvalue weighted by Gasteiger charge is -2.46. The topological polar surface area (TPSA) is 78.4 Å². The van der Waals surface area contributed by atoms with E-state index >= 15 is 0 Å². The van der Waals surface area contributed by atoms with Crippen LogP contribution in [0.5, 0.6) is 0 Å². The van der Waals surface area contributed by atoms with Gasteiger partial charge in [0.1, 0.15) is 0 Å². The SMILES string of the molecule is C#CCNC(=O)CNC1CCC(C(=O)O)C(C)(C)C1C. The number of aliphatic carboxylic acids is 1. The van der Waals surface area contributed by atoms with E-state index in [2.05, 4.69) is 16.6 Å². The third-order valence-corrected chi connectivity index (χ3v) is 4.65. The third-order valence-electron chi connectivity index (χ3n) is 4.65. The highest BCUT2D eigenvalue weighted by molar-refractivity contribution is 5.78. The maximum atomic E-state index is 11.5. The number of hydrogen-bond acceptors (Lipinski definition) is 3. The zero-order valence-electron chi connectivity index (χ0n) is 12.4. The lowest BCUT2D eigenvalue weighted by molar-refractivity contribution is -0.150. The van der Waals surface area contributed by atoms with Crippen molar-refractivity contribution in [3.63, 3.8) is 0 Å². The predicted molar refractivity (Wildman–Crippen MR) is 76.9 cm³/mol. The van der Waals surface area contributed by atoms with Crippen molar-refractivity contribution >= 4 is 11.9 Å². The molecule has 0 aromatic heterocycles. The number of hydrogen-bond donors (Lipinski definition) is 3. The zero-order chi connectivity index (χ0) is 15.3. The Morgan fingerprint density at radius 2 is 2.05 bits per heavy atom. The Morgan fingerprint density at radius 1 is 1.40 bits per heavy atom. The highest BCUT2D eigenvalue weighted by Crippen LogP contribution is 2.44. The van der Waals surface area contributed by atoms with Gasteiger partial charge in [-0.1, -0.05) is 26.7 Å². The van der Waals surface area contributed by atoms with Gasteiger partial charge in [0.05, 0.1) is 19.0 Å². The molecule has 0 heterocycles. The van der Waals surface area contributed by atoms with E-state index in [1.165, 1.54) is 0 Å². The smallest absolute Gasteiger partial charge is 0.307 e. The molecule has 0 aromatic carbocycles. The summed E-state index contributed by atoms with van der Waals surface area (Å²) in [7, 11) is 0. The second kappa shape index (κ2) is 6.76. The summed E-state index contributed by atoms with van der Waals surface area (Å²) in [5.74, 6) is 1.34. The van der Waals surface area contributed by atoms with Gasteiger partial charge in [-0.15, -0.1) is 6.42 Å². The van der Waals surface area contributed by atoms with Gasteiger partial charge < -0.3 is 15.7 Å². The number of carbonyl (C=O) groups excluding carboxylic acids is 1. The minimum atomic E-state index is -0.730. The van der Waals surface area contributed by atoms with Gasteiger partial charge in [-0.05, 0) is 24.2 Å². The summed E-state index contributed by atoms with van der Waals surface area (Å²) in [6, 6.07) is 0.150. The number of carboxylic acid groups (broad SMARTS) is 1. The van der Waals surface area contributed by atoms with Gasteiger partial charge in [0.25, 0.3) is 0 Å². The minimum absolute atomic E-state index is 0.131. The molecule has 3 N–H and O–H groups in total. The van der Waals surface area contributed by atoms with Crippen molar-refractivity contribution in [3.05, 3.63) is 0 Å². The maximum Gasteiger partial charge on any atom is 0.307 e. The number of terminal acetylenes is 1. The fourth-order valence-corrected chi connectivity index (χ4v) is 2.96. The van der Waals surface area contributed by atoms with Crippen molar-refractivity contribution < 1.29 is 14.7 Å². The van der Waals surface area contributed by atoms with Crippen LogP contribution >= 0.6 is 0 Å². The molecule has 5 heteroatoms. The first-order valence-corrected chi connectivity index (χ1v) is 6.97. The molecule has 0 radical (unpaired) electrons. The first-order valence-electron chi connectivity index (χ1n) is 6.97. The number of carboxylic acids is 1. The van der Waals surface area contributed by atoms with E-state index < -0.39 is 5.97 Å². The average Bonchev–Trinajstić information content (AvgIpc) is 2.37. The Bertz CT molecular complexity index is 412. The number of amides is 1. The first kappa shape index (κ1) is 16.5. The predicted octanol–water partition coefficient (Wildman–Crippen LogP) is 0.851. The quantitative estimate of drug-likeness (QED) is 0.652. The molecule has 0 saturated heterocycles. The second-order valence-corrected chi connectivity index (χ2v) is 6.05. The van der Waals surface area contributed by atoms with Crippen LogP contribution in [0.4, 0.5) is 0 Å². The molecule has 1 amide bonds. The van der Waals surface area contributed by atoms with Gasteiger partial charge in [0.15, 0.2) is 0 Å². The van der Waals surface area contributed by atoms with E-state index in [4.69, 9.17) is 6.42 Å². The van der Waals surface area contributed by atoms with Crippen LogP contribution < -0.4 is 10.6 Å². The summed E-state index contributed by atoms with van der Waals surface area (Å²) >= 11 is 0. The van der Waals surface area contributed by atoms with Gasteiger partial charge >= 0.3 is 5.97 Å². The molecule has 0 aliphatic heterocycles. The van der Waals surface area contributed by atoms with Crippen LogP contribution in [0.15, 0.2) is 0 Å². The molecule has 1 rings (SSSR count). The van der Waals surface area contributed by atoms with Gasteiger partial charge in [-0.2, -0.15) is 0 Å². The lowest BCUT2D eigenvalue weighted by atomic mass is 9.61. The molecule has 1 saturated carbocycles. The molecule has 0 aromatic rings. The Morgan fingerprint density at radius 3 is 2.60 bits per heavy atom. The molecule has 112 valence electrons. The van der Waals surface area contributed by atoms with E-state index in [0.717, 1.165) is 6.42 Å². The number of rotatable bonds is 5. The number of carbonyl (C=O) groups is 2. The second-order valence-electron chi connectivity index (χ2n) is 6.05. The fourth-order valence-electron chi connectivity index (χ4n) is 2.96. The van der Waals surface area contributed by atoms with Crippen LogP contribution in [0.25, 0.3) is 0 Å². The van der Waals surface area contributed by atoms with Crippen LogP contribution in [0.2, 0.25) is 0 Å². The van der Waals surface area contributed by atoms with Gasteiger partial charge in [0, 0.05) is 6.04 Å². The molecule has 0 bridgehead atoms.